The van der Waals surface area contributed by atoms with Crippen LogP contribution in [0.4, 0.5) is 11.4 Å². The second-order valence-electron chi connectivity index (χ2n) is 7.55. The largest absolute Gasteiger partial charge is 0.493 e. The summed E-state index contributed by atoms with van der Waals surface area (Å²) >= 11 is 0. The lowest BCUT2D eigenvalue weighted by atomic mass is 10.1. The van der Waals surface area contributed by atoms with Crippen molar-refractivity contribution in [2.75, 3.05) is 24.4 Å². The molecule has 2 amide bonds. The highest BCUT2D eigenvalue weighted by Gasteiger charge is 2.13. The maximum absolute atomic E-state index is 12.6. The number of aryl methyl sites for hydroxylation is 2. The Kier molecular flexibility index (Phi) is 8.03. The van der Waals surface area contributed by atoms with E-state index in [2.05, 4.69) is 10.6 Å². The number of anilines is 2. The van der Waals surface area contributed by atoms with Gasteiger partial charge in [0.2, 0.25) is 0 Å². The second kappa shape index (κ2) is 11.3. The maximum atomic E-state index is 12.6. The Labute approximate surface area is 198 Å². The highest BCUT2D eigenvalue weighted by Crippen LogP contribution is 2.29. The van der Waals surface area contributed by atoms with E-state index < -0.39 is 5.91 Å². The molecule has 2 N–H and O–H groups in total. The van der Waals surface area contributed by atoms with Crippen LogP contribution >= 0.6 is 0 Å². The van der Waals surface area contributed by atoms with Crippen LogP contribution in [0.3, 0.4) is 0 Å². The predicted molar refractivity (Wildman–Crippen MR) is 132 cm³/mol. The first-order valence-electron chi connectivity index (χ1n) is 10.6. The van der Waals surface area contributed by atoms with E-state index >= 15 is 0 Å². The maximum Gasteiger partial charge on any atom is 0.266 e. The molecular weight excluding hydrogens is 430 g/mol. The fourth-order valence-corrected chi connectivity index (χ4v) is 3.09. The predicted octanol–water partition coefficient (Wildman–Crippen LogP) is 4.88. The number of hydrogen-bond acceptors (Lipinski definition) is 5. The zero-order valence-electron chi connectivity index (χ0n) is 19.2. The van der Waals surface area contributed by atoms with Crippen molar-refractivity contribution in [2.24, 2.45) is 0 Å². The Bertz CT molecular complexity index is 1260. The van der Waals surface area contributed by atoms with Gasteiger partial charge in [-0.1, -0.05) is 42.0 Å². The Morgan fingerprint density at radius 1 is 0.971 bits per heavy atom. The lowest BCUT2D eigenvalue weighted by molar-refractivity contribution is -0.118. The third-order valence-corrected chi connectivity index (χ3v) is 4.95. The Balaban J connectivity index is 1.68. The number of amides is 2. The summed E-state index contributed by atoms with van der Waals surface area (Å²) in [6, 6.07) is 21.6. The van der Waals surface area contributed by atoms with Gasteiger partial charge in [-0.2, -0.15) is 5.26 Å². The van der Waals surface area contributed by atoms with E-state index in [1.165, 1.54) is 13.2 Å². The molecule has 0 spiro atoms. The van der Waals surface area contributed by atoms with E-state index in [0.29, 0.717) is 28.4 Å². The van der Waals surface area contributed by atoms with Gasteiger partial charge in [-0.15, -0.1) is 0 Å². The van der Waals surface area contributed by atoms with E-state index in [1.807, 2.05) is 62.4 Å². The summed E-state index contributed by atoms with van der Waals surface area (Å²) < 4.78 is 11.0. The van der Waals surface area contributed by atoms with Crippen LogP contribution in [0.1, 0.15) is 16.7 Å². The topological polar surface area (TPSA) is 100 Å². The molecule has 7 heteroatoms. The molecule has 7 nitrogen and oxygen atoms in total. The van der Waals surface area contributed by atoms with Gasteiger partial charge in [-0.3, -0.25) is 9.59 Å². The number of para-hydroxylation sites is 1. The molecule has 0 aliphatic carbocycles. The number of nitrogens with zero attached hydrogens (tertiary/aromatic N) is 1. The van der Waals surface area contributed by atoms with Gasteiger partial charge in [0.05, 0.1) is 7.11 Å². The molecule has 172 valence electrons. The van der Waals surface area contributed by atoms with Gasteiger partial charge < -0.3 is 20.1 Å². The third-order valence-electron chi connectivity index (χ3n) is 4.95. The summed E-state index contributed by atoms with van der Waals surface area (Å²) in [7, 11) is 1.47. The molecule has 0 aliphatic heterocycles. The summed E-state index contributed by atoms with van der Waals surface area (Å²) in [6.07, 6.45) is 1.46. The molecule has 0 aliphatic rings. The molecule has 0 bridgehead atoms. The van der Waals surface area contributed by atoms with Crippen molar-refractivity contribution in [3.8, 4) is 17.6 Å². The van der Waals surface area contributed by atoms with Crippen LogP contribution in [0.2, 0.25) is 0 Å². The van der Waals surface area contributed by atoms with E-state index in [9.17, 15) is 14.9 Å². The number of hydrogen-bond donors (Lipinski definition) is 2. The van der Waals surface area contributed by atoms with Crippen molar-refractivity contribution in [3.63, 3.8) is 0 Å². The molecule has 0 heterocycles. The smallest absolute Gasteiger partial charge is 0.266 e. The van der Waals surface area contributed by atoms with Crippen molar-refractivity contribution in [3.05, 3.63) is 89.0 Å². The molecule has 3 aromatic rings. The average Bonchev–Trinajstić information content (AvgIpc) is 2.84. The van der Waals surface area contributed by atoms with Gasteiger partial charge in [0.25, 0.3) is 11.8 Å². The van der Waals surface area contributed by atoms with E-state index in [4.69, 9.17) is 9.47 Å². The summed E-state index contributed by atoms with van der Waals surface area (Å²) in [6.45, 7) is 3.63. The normalized spacial score (nSPS) is 10.7. The van der Waals surface area contributed by atoms with Crippen LogP contribution in [0.5, 0.6) is 11.5 Å². The van der Waals surface area contributed by atoms with E-state index in [-0.39, 0.29) is 18.1 Å². The van der Waals surface area contributed by atoms with Gasteiger partial charge >= 0.3 is 0 Å². The lowest BCUT2D eigenvalue weighted by Gasteiger charge is -2.12. The number of nitriles is 1. The molecule has 0 saturated heterocycles. The van der Waals surface area contributed by atoms with Gasteiger partial charge in [0, 0.05) is 11.4 Å². The Hall–Kier alpha value is -4.57. The standard InChI is InChI=1S/C27H25N3O4/c1-18-8-11-22(12-9-18)29-26(31)17-34-24-13-10-20(15-25(24)33-3)14-21(16-28)27(32)30-23-7-5-4-6-19(23)2/h4-15H,17H2,1-3H3,(H,29,31)(H,30,32)/b21-14+. The SMILES string of the molecule is COc1cc(/C=C(\C#N)C(=O)Nc2ccccc2C)ccc1OCC(=O)Nc1ccc(C)cc1. The fraction of sp³-hybridized carbons (Fsp3) is 0.148. The summed E-state index contributed by atoms with van der Waals surface area (Å²) in [4.78, 5) is 24.8. The minimum Gasteiger partial charge on any atom is -0.493 e. The molecule has 0 fully saturated rings. The van der Waals surface area contributed by atoms with Crippen molar-refractivity contribution in [2.45, 2.75) is 13.8 Å². The molecular formula is C27H25N3O4. The molecule has 0 radical (unpaired) electrons. The van der Waals surface area contributed by atoms with Gasteiger partial charge in [-0.25, -0.2) is 0 Å². The summed E-state index contributed by atoms with van der Waals surface area (Å²) in [5.41, 5.74) is 3.82. The summed E-state index contributed by atoms with van der Waals surface area (Å²) in [5, 5.41) is 15.0. The van der Waals surface area contributed by atoms with Crippen molar-refractivity contribution >= 4 is 29.3 Å². The highest BCUT2D eigenvalue weighted by atomic mass is 16.5. The molecule has 0 atom stereocenters. The van der Waals surface area contributed by atoms with Crippen LogP contribution in [0.25, 0.3) is 6.08 Å². The molecule has 3 aromatic carbocycles. The van der Waals surface area contributed by atoms with Gasteiger partial charge in [0.15, 0.2) is 18.1 Å². The third kappa shape index (κ3) is 6.47. The van der Waals surface area contributed by atoms with E-state index in [1.54, 1.807) is 24.3 Å². The summed E-state index contributed by atoms with van der Waals surface area (Å²) in [5.74, 6) is -0.0894. The Morgan fingerprint density at radius 2 is 1.71 bits per heavy atom. The van der Waals surface area contributed by atoms with Crippen molar-refractivity contribution < 1.29 is 19.1 Å². The van der Waals surface area contributed by atoms with Crippen LogP contribution in [0.15, 0.2) is 72.3 Å². The number of benzene rings is 3. The number of nitrogens with one attached hydrogen (secondary N) is 2. The zero-order chi connectivity index (χ0) is 24.5. The molecule has 0 unspecified atom stereocenters. The molecule has 34 heavy (non-hydrogen) atoms. The van der Waals surface area contributed by atoms with Crippen molar-refractivity contribution in [1.82, 2.24) is 0 Å². The number of carbonyl (C=O) groups excluding carboxylic acids is 2. The lowest BCUT2D eigenvalue weighted by Crippen LogP contribution is -2.20. The molecule has 0 saturated carbocycles. The first-order valence-corrected chi connectivity index (χ1v) is 10.6. The first kappa shape index (κ1) is 24.1. The number of ether oxygens (including phenoxy) is 2. The zero-order valence-corrected chi connectivity index (χ0v) is 19.2. The molecule has 3 rings (SSSR count). The monoisotopic (exact) mass is 455 g/mol. The molecule has 0 aromatic heterocycles. The van der Waals surface area contributed by atoms with Crippen LogP contribution < -0.4 is 20.1 Å². The fourth-order valence-electron chi connectivity index (χ4n) is 3.09. The highest BCUT2D eigenvalue weighted by molar-refractivity contribution is 6.10. The van der Waals surface area contributed by atoms with Gasteiger partial charge in [-0.05, 0) is 61.4 Å². The second-order valence-corrected chi connectivity index (χ2v) is 7.55. The number of rotatable bonds is 8. The van der Waals surface area contributed by atoms with Crippen LogP contribution in [0, 0.1) is 25.2 Å². The average molecular weight is 456 g/mol. The Morgan fingerprint density at radius 3 is 2.38 bits per heavy atom. The number of methoxy groups -OCH3 is 1. The van der Waals surface area contributed by atoms with Crippen LogP contribution in [-0.4, -0.2) is 25.5 Å². The minimum atomic E-state index is -0.510. The van der Waals surface area contributed by atoms with Crippen LogP contribution in [-0.2, 0) is 9.59 Å². The number of carbonyl (C=O) groups is 2. The van der Waals surface area contributed by atoms with Crippen molar-refractivity contribution in [1.29, 1.82) is 5.26 Å². The van der Waals surface area contributed by atoms with Gasteiger partial charge in [0.1, 0.15) is 11.6 Å². The minimum absolute atomic E-state index is 0.0588. The quantitative estimate of drug-likeness (QED) is 0.373. The first-order chi connectivity index (χ1) is 16.4. The van der Waals surface area contributed by atoms with E-state index in [0.717, 1.165) is 11.1 Å².